The zero-order valence-electron chi connectivity index (χ0n) is 15.9. The lowest BCUT2D eigenvalue weighted by Gasteiger charge is -2.35. The minimum atomic E-state index is -3.21. The van der Waals surface area contributed by atoms with Gasteiger partial charge in [0.05, 0.1) is 6.26 Å². The minimum Gasteiger partial charge on any atom is -0.343 e. The molecule has 2 amide bonds. The highest BCUT2D eigenvalue weighted by atomic mass is 32.2. The van der Waals surface area contributed by atoms with Crippen LogP contribution >= 0.6 is 11.3 Å². The molecule has 3 heterocycles. The third-order valence-corrected chi connectivity index (χ3v) is 7.94. The van der Waals surface area contributed by atoms with Crippen LogP contribution in [0.15, 0.2) is 11.4 Å². The summed E-state index contributed by atoms with van der Waals surface area (Å²) in [5.74, 6) is 0.0175. The van der Waals surface area contributed by atoms with E-state index in [-0.39, 0.29) is 30.7 Å². The van der Waals surface area contributed by atoms with Crippen LogP contribution in [0.5, 0.6) is 0 Å². The lowest BCUT2D eigenvalue weighted by Crippen LogP contribution is -2.47. The Labute approximate surface area is 165 Å². The van der Waals surface area contributed by atoms with E-state index >= 15 is 0 Å². The van der Waals surface area contributed by atoms with E-state index in [4.69, 9.17) is 0 Å². The summed E-state index contributed by atoms with van der Waals surface area (Å²) in [6, 6.07) is 2.02. The molecule has 9 heteroatoms. The monoisotopic (exact) mass is 413 g/mol. The molecule has 1 aromatic heterocycles. The number of thiophene rings is 1. The molecule has 7 nitrogen and oxygen atoms in total. The molecule has 0 aliphatic carbocycles. The number of fused-ring (bicyclic) bond motifs is 1. The number of piperidine rings is 1. The number of carbonyl (C=O) groups excluding carboxylic acids is 2. The van der Waals surface area contributed by atoms with Gasteiger partial charge in [-0.1, -0.05) is 0 Å². The molecule has 1 aromatic rings. The maximum absolute atomic E-state index is 12.5. The summed E-state index contributed by atoms with van der Waals surface area (Å²) in [4.78, 5) is 29.9. The molecule has 2 aliphatic heterocycles. The van der Waals surface area contributed by atoms with E-state index in [1.54, 1.807) is 23.3 Å². The number of nitrogens with zero attached hydrogens (tertiary/aromatic N) is 3. The van der Waals surface area contributed by atoms with Crippen LogP contribution in [-0.2, 0) is 32.6 Å². The normalized spacial score (nSPS) is 18.6. The van der Waals surface area contributed by atoms with Gasteiger partial charge in [-0.15, -0.1) is 11.3 Å². The summed E-state index contributed by atoms with van der Waals surface area (Å²) in [5.41, 5.74) is 1.22. The fourth-order valence-electron chi connectivity index (χ4n) is 3.74. The quantitative estimate of drug-likeness (QED) is 0.729. The van der Waals surface area contributed by atoms with E-state index in [0.717, 1.165) is 13.0 Å². The molecule has 1 fully saturated rings. The molecule has 0 spiro atoms. The molecule has 27 heavy (non-hydrogen) atoms. The number of hydrogen-bond acceptors (Lipinski definition) is 5. The van der Waals surface area contributed by atoms with E-state index < -0.39 is 10.0 Å². The van der Waals surface area contributed by atoms with E-state index in [1.165, 1.54) is 21.0 Å². The van der Waals surface area contributed by atoms with Crippen LogP contribution in [-0.4, -0.2) is 73.3 Å². The van der Waals surface area contributed by atoms with Crippen LogP contribution in [0.4, 0.5) is 0 Å². The molecule has 0 radical (unpaired) electrons. The Morgan fingerprint density at radius 3 is 2.41 bits per heavy atom. The van der Waals surface area contributed by atoms with E-state index in [1.807, 2.05) is 4.90 Å². The molecule has 0 N–H and O–H groups in total. The first-order chi connectivity index (χ1) is 12.8. The van der Waals surface area contributed by atoms with Crippen molar-refractivity contribution < 1.29 is 18.0 Å². The highest BCUT2D eigenvalue weighted by molar-refractivity contribution is 7.88. The Bertz CT molecular complexity index is 797. The van der Waals surface area contributed by atoms with Gasteiger partial charge in [0, 0.05) is 57.0 Å². The second kappa shape index (κ2) is 8.28. The van der Waals surface area contributed by atoms with Gasteiger partial charge in [-0.05, 0) is 36.3 Å². The van der Waals surface area contributed by atoms with Gasteiger partial charge >= 0.3 is 0 Å². The topological polar surface area (TPSA) is 78.0 Å². The molecule has 2 aliphatic rings. The van der Waals surface area contributed by atoms with Gasteiger partial charge in [-0.3, -0.25) is 9.59 Å². The smallest absolute Gasteiger partial charge is 0.223 e. The van der Waals surface area contributed by atoms with Crippen LogP contribution in [0.25, 0.3) is 0 Å². The molecule has 150 valence electrons. The predicted molar refractivity (Wildman–Crippen MR) is 105 cm³/mol. The maximum Gasteiger partial charge on any atom is 0.223 e. The molecule has 0 atom stereocenters. The Hall–Kier alpha value is -1.45. The number of rotatable bonds is 5. The van der Waals surface area contributed by atoms with Gasteiger partial charge in [0.2, 0.25) is 21.8 Å². The minimum absolute atomic E-state index is 0.0166. The van der Waals surface area contributed by atoms with Gasteiger partial charge in [0.1, 0.15) is 0 Å². The molecular formula is C18H27N3O4S2. The summed E-state index contributed by atoms with van der Waals surface area (Å²) < 4.78 is 24.7. The first-order valence-electron chi connectivity index (χ1n) is 9.29. The molecular weight excluding hydrogens is 386 g/mol. The van der Waals surface area contributed by atoms with Crippen LogP contribution < -0.4 is 0 Å². The standard InChI is InChI=1S/C18H27N3O4S2/c1-19(27(2,24)25)15-5-9-20(10-6-15)17(22)3-4-18(23)21-11-7-16-14(13-21)8-12-26-16/h8,12,15H,3-7,9-11,13H2,1-2H3. The van der Waals surface area contributed by atoms with Gasteiger partial charge in [-0.25, -0.2) is 12.7 Å². The van der Waals surface area contributed by atoms with Crippen molar-refractivity contribution in [2.24, 2.45) is 0 Å². The third kappa shape index (κ3) is 4.89. The molecule has 0 bridgehead atoms. The lowest BCUT2D eigenvalue weighted by molar-refractivity contribution is -0.138. The van der Waals surface area contributed by atoms with Crippen molar-refractivity contribution in [2.45, 2.75) is 44.7 Å². The summed E-state index contributed by atoms with van der Waals surface area (Å²) in [6.07, 6.45) is 3.83. The number of amides is 2. The molecule has 0 unspecified atom stereocenters. The van der Waals surface area contributed by atoms with E-state index in [9.17, 15) is 18.0 Å². The Kier molecular flexibility index (Phi) is 6.22. The van der Waals surface area contributed by atoms with Crippen molar-refractivity contribution >= 4 is 33.2 Å². The number of hydrogen-bond donors (Lipinski definition) is 0. The Balaban J connectivity index is 1.43. The van der Waals surface area contributed by atoms with E-state index in [0.29, 0.717) is 32.5 Å². The van der Waals surface area contributed by atoms with Crippen LogP contribution in [0, 0.1) is 0 Å². The summed E-state index contributed by atoms with van der Waals surface area (Å²) in [5, 5.41) is 2.06. The number of carbonyl (C=O) groups is 2. The maximum atomic E-state index is 12.5. The number of likely N-dealkylation sites (tertiary alicyclic amines) is 1. The van der Waals surface area contributed by atoms with Crippen molar-refractivity contribution in [1.82, 2.24) is 14.1 Å². The summed E-state index contributed by atoms with van der Waals surface area (Å²) >= 11 is 1.74. The molecule has 3 rings (SSSR count). The van der Waals surface area contributed by atoms with Crippen molar-refractivity contribution in [3.8, 4) is 0 Å². The van der Waals surface area contributed by atoms with Crippen LogP contribution in [0.1, 0.15) is 36.1 Å². The molecule has 1 saturated heterocycles. The van der Waals surface area contributed by atoms with Gasteiger partial charge in [0.15, 0.2) is 0 Å². The zero-order valence-corrected chi connectivity index (χ0v) is 17.5. The largest absolute Gasteiger partial charge is 0.343 e. The fraction of sp³-hybridized carbons (Fsp3) is 0.667. The summed E-state index contributed by atoms with van der Waals surface area (Å²) in [7, 11) is -1.62. The van der Waals surface area contributed by atoms with Crippen molar-refractivity contribution in [3.63, 3.8) is 0 Å². The summed E-state index contributed by atoms with van der Waals surface area (Å²) in [6.45, 7) is 2.46. The zero-order chi connectivity index (χ0) is 19.6. The average molecular weight is 414 g/mol. The Morgan fingerprint density at radius 1 is 1.15 bits per heavy atom. The average Bonchev–Trinajstić information content (AvgIpc) is 3.12. The molecule has 0 saturated carbocycles. The first-order valence-corrected chi connectivity index (χ1v) is 12.0. The Morgan fingerprint density at radius 2 is 1.78 bits per heavy atom. The highest BCUT2D eigenvalue weighted by Crippen LogP contribution is 2.24. The highest BCUT2D eigenvalue weighted by Gasteiger charge is 2.29. The van der Waals surface area contributed by atoms with E-state index in [2.05, 4.69) is 11.4 Å². The lowest BCUT2D eigenvalue weighted by atomic mass is 10.0. The fourth-order valence-corrected chi connectivity index (χ4v) is 5.38. The van der Waals surface area contributed by atoms with Crippen LogP contribution in [0.3, 0.4) is 0 Å². The second-order valence-corrected chi connectivity index (χ2v) is 10.4. The molecule has 0 aromatic carbocycles. The van der Waals surface area contributed by atoms with Crippen molar-refractivity contribution in [3.05, 3.63) is 21.9 Å². The first kappa shape index (κ1) is 20.3. The van der Waals surface area contributed by atoms with Crippen molar-refractivity contribution in [1.29, 1.82) is 0 Å². The predicted octanol–water partition coefficient (Wildman–Crippen LogP) is 1.30. The second-order valence-electron chi connectivity index (χ2n) is 7.33. The SMILES string of the molecule is CN(C1CCN(C(=O)CCC(=O)N2CCc3sccc3C2)CC1)S(C)(=O)=O. The van der Waals surface area contributed by atoms with Gasteiger partial charge < -0.3 is 9.80 Å². The third-order valence-electron chi connectivity index (χ3n) is 5.57. The number of sulfonamides is 1. The van der Waals surface area contributed by atoms with Gasteiger partial charge in [-0.2, -0.15) is 0 Å². The van der Waals surface area contributed by atoms with Gasteiger partial charge in [0.25, 0.3) is 0 Å². The van der Waals surface area contributed by atoms with Crippen molar-refractivity contribution in [2.75, 3.05) is 32.9 Å². The van der Waals surface area contributed by atoms with Crippen LogP contribution in [0.2, 0.25) is 0 Å².